The first-order valence-corrected chi connectivity index (χ1v) is 6.69. The molecule has 2 heterocycles. The summed E-state index contributed by atoms with van der Waals surface area (Å²) in [6.45, 7) is 1.23. The number of ether oxygens (including phenoxy) is 1. The highest BCUT2D eigenvalue weighted by atomic mass is 16.5. The van der Waals surface area contributed by atoms with Gasteiger partial charge in [-0.15, -0.1) is 0 Å². The number of carboxylic acid groups (broad SMARTS) is 2. The quantitative estimate of drug-likeness (QED) is 0.824. The fraction of sp³-hybridized carbons (Fsp3) is 0.500. The zero-order chi connectivity index (χ0) is 15.4. The molecule has 2 atom stereocenters. The number of methoxy groups -OCH3 is 1. The average molecular weight is 294 g/mol. The summed E-state index contributed by atoms with van der Waals surface area (Å²) in [4.78, 5) is 28.5. The Hall–Kier alpha value is -2.15. The number of nitrogens with zero attached hydrogens (tertiary/aromatic N) is 2. The van der Waals surface area contributed by atoms with Crippen LogP contribution in [-0.2, 0) is 16.1 Å². The van der Waals surface area contributed by atoms with Crippen molar-refractivity contribution in [2.75, 3.05) is 20.2 Å². The van der Waals surface area contributed by atoms with Gasteiger partial charge >= 0.3 is 11.9 Å². The minimum absolute atomic E-state index is 0.213. The van der Waals surface area contributed by atoms with E-state index in [9.17, 15) is 14.7 Å². The van der Waals surface area contributed by atoms with Gasteiger partial charge in [-0.2, -0.15) is 0 Å². The van der Waals surface area contributed by atoms with Crippen molar-refractivity contribution in [1.29, 1.82) is 0 Å². The lowest BCUT2D eigenvalue weighted by Gasteiger charge is -2.34. The van der Waals surface area contributed by atoms with E-state index in [0.717, 1.165) is 5.69 Å². The van der Waals surface area contributed by atoms with E-state index in [2.05, 4.69) is 4.98 Å². The molecule has 1 aromatic rings. The molecule has 2 rings (SSSR count). The summed E-state index contributed by atoms with van der Waals surface area (Å²) in [6.07, 6.45) is 0.330. The highest BCUT2D eigenvalue weighted by Gasteiger charge is 2.38. The highest BCUT2D eigenvalue weighted by molar-refractivity contribution is 5.80. The molecule has 1 aliphatic heterocycles. The third-order valence-electron chi connectivity index (χ3n) is 3.71. The third-order valence-corrected chi connectivity index (χ3v) is 3.71. The molecule has 0 saturated carbocycles. The van der Waals surface area contributed by atoms with Gasteiger partial charge in [-0.05, 0) is 19.0 Å². The maximum absolute atomic E-state index is 11.2. The molecular weight excluding hydrogens is 276 g/mol. The van der Waals surface area contributed by atoms with E-state index in [0.29, 0.717) is 25.4 Å². The molecule has 21 heavy (non-hydrogen) atoms. The Bertz CT molecular complexity index is 534. The summed E-state index contributed by atoms with van der Waals surface area (Å²) < 4.78 is 5.05. The van der Waals surface area contributed by atoms with Crippen molar-refractivity contribution in [2.45, 2.75) is 13.0 Å². The molecule has 1 aromatic heterocycles. The summed E-state index contributed by atoms with van der Waals surface area (Å²) in [6, 6.07) is 5.39. The highest BCUT2D eigenvalue weighted by Crippen LogP contribution is 2.25. The zero-order valence-corrected chi connectivity index (χ0v) is 11.7. The number of piperidine rings is 1. The van der Waals surface area contributed by atoms with Crippen molar-refractivity contribution in [1.82, 2.24) is 9.88 Å². The maximum Gasteiger partial charge on any atom is 0.308 e. The van der Waals surface area contributed by atoms with Crippen LogP contribution in [0.1, 0.15) is 12.1 Å². The average Bonchev–Trinajstić information content (AvgIpc) is 2.47. The van der Waals surface area contributed by atoms with Gasteiger partial charge in [-0.25, -0.2) is 4.98 Å². The van der Waals surface area contributed by atoms with E-state index in [1.165, 1.54) is 7.11 Å². The molecule has 0 amide bonds. The molecule has 1 fully saturated rings. The van der Waals surface area contributed by atoms with E-state index >= 15 is 0 Å². The van der Waals surface area contributed by atoms with E-state index in [1.807, 2.05) is 17.0 Å². The first-order chi connectivity index (χ1) is 10.0. The first-order valence-electron chi connectivity index (χ1n) is 6.69. The number of hydrogen-bond donors (Lipinski definition) is 2. The molecule has 2 unspecified atom stereocenters. The second-order valence-corrected chi connectivity index (χ2v) is 5.08. The van der Waals surface area contributed by atoms with E-state index in [-0.39, 0.29) is 6.54 Å². The van der Waals surface area contributed by atoms with Crippen LogP contribution in [0.2, 0.25) is 0 Å². The van der Waals surface area contributed by atoms with Crippen LogP contribution >= 0.6 is 0 Å². The van der Waals surface area contributed by atoms with Gasteiger partial charge in [0, 0.05) is 19.2 Å². The summed E-state index contributed by atoms with van der Waals surface area (Å²) in [5.41, 5.74) is 0.771. The van der Waals surface area contributed by atoms with Crippen molar-refractivity contribution in [2.24, 2.45) is 11.8 Å². The minimum atomic E-state index is -1.06. The van der Waals surface area contributed by atoms with Crippen molar-refractivity contribution in [3.8, 4) is 5.88 Å². The molecule has 0 bridgehead atoms. The largest absolute Gasteiger partial charge is 0.481 e. The number of carboxylic acids is 2. The number of aromatic nitrogens is 1. The number of pyridine rings is 1. The topological polar surface area (TPSA) is 100.0 Å². The molecule has 0 radical (unpaired) electrons. The third kappa shape index (κ3) is 3.69. The number of rotatable bonds is 5. The molecule has 2 N–H and O–H groups in total. The summed E-state index contributed by atoms with van der Waals surface area (Å²) >= 11 is 0. The summed E-state index contributed by atoms with van der Waals surface area (Å²) in [5.74, 6) is -3.31. The maximum atomic E-state index is 11.2. The Kier molecular flexibility index (Phi) is 4.74. The van der Waals surface area contributed by atoms with Crippen LogP contribution in [0.3, 0.4) is 0 Å². The van der Waals surface area contributed by atoms with Gasteiger partial charge in [-0.3, -0.25) is 14.5 Å². The molecule has 7 heteroatoms. The molecule has 0 aromatic carbocycles. The fourth-order valence-corrected chi connectivity index (χ4v) is 2.60. The SMILES string of the molecule is COc1cccc(CN2CCC(C(=O)O)C(C(=O)O)C2)n1. The first kappa shape index (κ1) is 15.2. The Morgan fingerprint density at radius 1 is 1.33 bits per heavy atom. The number of aliphatic carboxylic acids is 2. The lowest BCUT2D eigenvalue weighted by atomic mass is 9.85. The Morgan fingerprint density at radius 3 is 2.67 bits per heavy atom. The standard InChI is InChI=1S/C14H18N2O5/c1-21-12-4-2-3-9(15-12)7-16-6-5-10(13(17)18)11(8-16)14(19)20/h2-4,10-11H,5-8H2,1H3,(H,17,18)(H,19,20). The summed E-state index contributed by atoms with van der Waals surface area (Å²) in [5, 5.41) is 18.3. The van der Waals surface area contributed by atoms with Crippen LogP contribution in [0.4, 0.5) is 0 Å². The predicted molar refractivity (Wildman–Crippen MR) is 72.9 cm³/mol. The van der Waals surface area contributed by atoms with Crippen molar-refractivity contribution in [3.05, 3.63) is 23.9 Å². The van der Waals surface area contributed by atoms with Gasteiger partial charge in [0.05, 0.1) is 24.6 Å². The predicted octanol–water partition coefficient (Wildman–Crippen LogP) is 0.697. The summed E-state index contributed by atoms with van der Waals surface area (Å²) in [7, 11) is 1.53. The fourth-order valence-electron chi connectivity index (χ4n) is 2.60. The zero-order valence-electron chi connectivity index (χ0n) is 11.7. The molecule has 0 aliphatic carbocycles. The Balaban J connectivity index is 2.05. The molecule has 114 valence electrons. The number of likely N-dealkylation sites (tertiary alicyclic amines) is 1. The molecule has 1 saturated heterocycles. The van der Waals surface area contributed by atoms with E-state index in [1.54, 1.807) is 6.07 Å². The van der Waals surface area contributed by atoms with Crippen molar-refractivity contribution in [3.63, 3.8) is 0 Å². The smallest absolute Gasteiger partial charge is 0.308 e. The normalized spacial score (nSPS) is 22.7. The van der Waals surface area contributed by atoms with Crippen molar-refractivity contribution < 1.29 is 24.5 Å². The second kappa shape index (κ2) is 6.53. The van der Waals surface area contributed by atoms with Gasteiger partial charge in [0.15, 0.2) is 0 Å². The van der Waals surface area contributed by atoms with E-state index in [4.69, 9.17) is 9.84 Å². The molecule has 7 nitrogen and oxygen atoms in total. The van der Waals surface area contributed by atoms with Crippen LogP contribution in [-0.4, -0.2) is 52.2 Å². The van der Waals surface area contributed by atoms with Gasteiger partial charge in [-0.1, -0.05) is 6.07 Å². The van der Waals surface area contributed by atoms with E-state index < -0.39 is 23.8 Å². The molecule has 1 aliphatic rings. The van der Waals surface area contributed by atoms with Crippen LogP contribution in [0.15, 0.2) is 18.2 Å². The van der Waals surface area contributed by atoms with Crippen LogP contribution in [0.25, 0.3) is 0 Å². The van der Waals surface area contributed by atoms with Crippen LogP contribution in [0.5, 0.6) is 5.88 Å². The van der Waals surface area contributed by atoms with Crippen molar-refractivity contribution >= 4 is 11.9 Å². The monoisotopic (exact) mass is 294 g/mol. The van der Waals surface area contributed by atoms with Crippen LogP contribution < -0.4 is 4.74 Å². The lowest BCUT2D eigenvalue weighted by Crippen LogP contribution is -2.46. The molecule has 0 spiro atoms. The Labute approximate surface area is 122 Å². The van der Waals surface area contributed by atoms with Crippen LogP contribution in [0, 0.1) is 11.8 Å². The molecular formula is C14H18N2O5. The van der Waals surface area contributed by atoms with Gasteiger partial charge in [0.1, 0.15) is 0 Å². The van der Waals surface area contributed by atoms with Gasteiger partial charge in [0.25, 0.3) is 0 Å². The van der Waals surface area contributed by atoms with Gasteiger partial charge < -0.3 is 14.9 Å². The number of carbonyl (C=O) groups is 2. The minimum Gasteiger partial charge on any atom is -0.481 e. The second-order valence-electron chi connectivity index (χ2n) is 5.08. The lowest BCUT2D eigenvalue weighted by molar-refractivity contribution is -0.157. The number of hydrogen-bond acceptors (Lipinski definition) is 5. The van der Waals surface area contributed by atoms with Gasteiger partial charge in [0.2, 0.25) is 5.88 Å². The Morgan fingerprint density at radius 2 is 2.05 bits per heavy atom.